The Labute approximate surface area is 118 Å². The molecule has 1 aliphatic heterocycles. The maximum atomic E-state index is 13.0. The SMILES string of the molecule is CC(C)(C)OC(=O)N1CC(N)CC1c1ccc(F)cc1. The minimum absolute atomic E-state index is 0.0856. The lowest BCUT2D eigenvalue weighted by molar-refractivity contribution is 0.0223. The molecule has 1 heterocycles. The molecule has 2 atom stereocenters. The summed E-state index contributed by atoms with van der Waals surface area (Å²) in [7, 11) is 0. The molecular weight excluding hydrogens is 259 g/mol. The van der Waals surface area contributed by atoms with Crippen molar-refractivity contribution in [3.05, 3.63) is 35.6 Å². The molecule has 4 nitrogen and oxygen atoms in total. The van der Waals surface area contributed by atoms with Crippen LogP contribution in [0.1, 0.15) is 38.8 Å². The van der Waals surface area contributed by atoms with Crippen LogP contribution in [0.25, 0.3) is 0 Å². The van der Waals surface area contributed by atoms with Crippen LogP contribution in [0.3, 0.4) is 0 Å². The first-order chi connectivity index (χ1) is 9.26. The Kier molecular flexibility index (Phi) is 3.99. The van der Waals surface area contributed by atoms with Gasteiger partial charge in [0, 0.05) is 12.6 Å². The van der Waals surface area contributed by atoms with Gasteiger partial charge in [0.25, 0.3) is 0 Å². The molecule has 1 aromatic rings. The van der Waals surface area contributed by atoms with E-state index in [1.54, 1.807) is 17.0 Å². The van der Waals surface area contributed by atoms with Crippen molar-refractivity contribution in [3.8, 4) is 0 Å². The molecule has 0 aliphatic carbocycles. The Morgan fingerprint density at radius 3 is 2.50 bits per heavy atom. The van der Waals surface area contributed by atoms with Gasteiger partial charge in [-0.05, 0) is 44.9 Å². The van der Waals surface area contributed by atoms with E-state index in [4.69, 9.17) is 10.5 Å². The summed E-state index contributed by atoms with van der Waals surface area (Å²) in [6.07, 6.45) is 0.282. The van der Waals surface area contributed by atoms with Crippen LogP contribution >= 0.6 is 0 Å². The number of likely N-dealkylation sites (tertiary alicyclic amines) is 1. The molecule has 1 saturated heterocycles. The molecule has 1 aromatic carbocycles. The van der Waals surface area contributed by atoms with Crippen molar-refractivity contribution in [2.45, 2.75) is 44.9 Å². The van der Waals surface area contributed by atoms with Crippen molar-refractivity contribution in [3.63, 3.8) is 0 Å². The number of rotatable bonds is 1. The molecule has 2 unspecified atom stereocenters. The van der Waals surface area contributed by atoms with Crippen molar-refractivity contribution in [2.24, 2.45) is 5.73 Å². The maximum absolute atomic E-state index is 13.0. The Bertz CT molecular complexity index is 482. The van der Waals surface area contributed by atoms with E-state index in [1.807, 2.05) is 20.8 Å². The van der Waals surface area contributed by atoms with Crippen LogP contribution in [-0.4, -0.2) is 29.2 Å². The maximum Gasteiger partial charge on any atom is 0.410 e. The van der Waals surface area contributed by atoms with Gasteiger partial charge in [0.1, 0.15) is 11.4 Å². The first-order valence-corrected chi connectivity index (χ1v) is 6.77. The van der Waals surface area contributed by atoms with Crippen LogP contribution in [0.15, 0.2) is 24.3 Å². The van der Waals surface area contributed by atoms with Gasteiger partial charge < -0.3 is 10.5 Å². The van der Waals surface area contributed by atoms with Crippen LogP contribution in [0.2, 0.25) is 0 Å². The lowest BCUT2D eigenvalue weighted by atomic mass is 10.0. The Hall–Kier alpha value is -1.62. The molecule has 1 amide bonds. The van der Waals surface area contributed by atoms with Gasteiger partial charge in [0.2, 0.25) is 0 Å². The van der Waals surface area contributed by atoms with E-state index in [1.165, 1.54) is 12.1 Å². The van der Waals surface area contributed by atoms with E-state index in [0.717, 1.165) is 5.56 Å². The topological polar surface area (TPSA) is 55.6 Å². The lowest BCUT2D eigenvalue weighted by Gasteiger charge is -2.28. The number of carbonyl (C=O) groups excluding carboxylic acids is 1. The van der Waals surface area contributed by atoms with Gasteiger partial charge >= 0.3 is 6.09 Å². The summed E-state index contributed by atoms with van der Waals surface area (Å²) < 4.78 is 18.4. The zero-order chi connectivity index (χ0) is 14.9. The fourth-order valence-corrected chi connectivity index (χ4v) is 2.39. The predicted molar refractivity (Wildman–Crippen MR) is 74.7 cm³/mol. The number of hydrogen-bond donors (Lipinski definition) is 1. The van der Waals surface area contributed by atoms with Crippen molar-refractivity contribution in [2.75, 3.05) is 6.54 Å². The average molecular weight is 280 g/mol. The van der Waals surface area contributed by atoms with E-state index in [2.05, 4.69) is 0 Å². The van der Waals surface area contributed by atoms with Crippen molar-refractivity contribution >= 4 is 6.09 Å². The van der Waals surface area contributed by atoms with Gasteiger partial charge in [-0.25, -0.2) is 9.18 Å². The number of nitrogens with zero attached hydrogens (tertiary/aromatic N) is 1. The van der Waals surface area contributed by atoms with Gasteiger partial charge in [-0.3, -0.25) is 4.90 Å². The van der Waals surface area contributed by atoms with Gasteiger partial charge in [-0.2, -0.15) is 0 Å². The molecule has 2 rings (SSSR count). The average Bonchev–Trinajstić information content (AvgIpc) is 2.70. The lowest BCUT2D eigenvalue weighted by Crippen LogP contribution is -2.38. The summed E-state index contributed by atoms with van der Waals surface area (Å²) >= 11 is 0. The number of ether oxygens (including phenoxy) is 1. The summed E-state index contributed by atoms with van der Waals surface area (Å²) in [6, 6.07) is 5.93. The molecule has 1 aliphatic rings. The molecule has 110 valence electrons. The standard InChI is InChI=1S/C15H21FN2O2/c1-15(2,3)20-14(19)18-9-12(17)8-13(18)10-4-6-11(16)7-5-10/h4-7,12-13H,8-9,17H2,1-3H3. The summed E-state index contributed by atoms with van der Waals surface area (Å²) in [6.45, 7) is 5.94. The zero-order valence-corrected chi connectivity index (χ0v) is 12.1. The number of hydrogen-bond acceptors (Lipinski definition) is 3. The number of halogens is 1. The minimum Gasteiger partial charge on any atom is -0.444 e. The summed E-state index contributed by atoms with van der Waals surface area (Å²) in [4.78, 5) is 13.9. The fourth-order valence-electron chi connectivity index (χ4n) is 2.39. The quantitative estimate of drug-likeness (QED) is 0.860. The number of benzene rings is 1. The molecule has 20 heavy (non-hydrogen) atoms. The van der Waals surface area contributed by atoms with Crippen LogP contribution in [0, 0.1) is 5.82 Å². The largest absolute Gasteiger partial charge is 0.444 e. The monoisotopic (exact) mass is 280 g/mol. The predicted octanol–water partition coefficient (Wildman–Crippen LogP) is 2.83. The van der Waals surface area contributed by atoms with Crippen molar-refractivity contribution < 1.29 is 13.9 Å². The number of amides is 1. The second kappa shape index (κ2) is 5.40. The van der Waals surface area contributed by atoms with E-state index in [0.29, 0.717) is 13.0 Å². The number of carbonyl (C=O) groups is 1. The molecule has 1 fully saturated rings. The number of nitrogens with two attached hydrogens (primary N) is 1. The van der Waals surface area contributed by atoms with Gasteiger partial charge in [0.15, 0.2) is 0 Å². The molecular formula is C15H21FN2O2. The first-order valence-electron chi connectivity index (χ1n) is 6.77. The third kappa shape index (κ3) is 3.48. The molecule has 0 radical (unpaired) electrons. The Balaban J connectivity index is 2.18. The third-order valence-electron chi connectivity index (χ3n) is 3.22. The molecule has 0 aromatic heterocycles. The second-order valence-corrected chi connectivity index (χ2v) is 6.20. The van der Waals surface area contributed by atoms with Crippen LogP contribution in [-0.2, 0) is 4.74 Å². The van der Waals surface area contributed by atoms with E-state index in [-0.39, 0.29) is 24.0 Å². The highest BCUT2D eigenvalue weighted by Crippen LogP contribution is 2.32. The zero-order valence-electron chi connectivity index (χ0n) is 12.1. The van der Waals surface area contributed by atoms with Gasteiger partial charge in [-0.1, -0.05) is 12.1 Å². The van der Waals surface area contributed by atoms with E-state index < -0.39 is 5.60 Å². The van der Waals surface area contributed by atoms with E-state index in [9.17, 15) is 9.18 Å². The molecule has 5 heteroatoms. The van der Waals surface area contributed by atoms with Gasteiger partial charge in [-0.15, -0.1) is 0 Å². The Morgan fingerprint density at radius 2 is 1.95 bits per heavy atom. The smallest absolute Gasteiger partial charge is 0.410 e. The molecule has 2 N–H and O–H groups in total. The third-order valence-corrected chi connectivity index (χ3v) is 3.22. The first kappa shape index (κ1) is 14.8. The minimum atomic E-state index is -0.545. The second-order valence-electron chi connectivity index (χ2n) is 6.20. The highest BCUT2D eigenvalue weighted by Gasteiger charge is 2.36. The fraction of sp³-hybridized carbons (Fsp3) is 0.533. The summed E-state index contributed by atoms with van der Waals surface area (Å²) in [5, 5.41) is 0. The van der Waals surface area contributed by atoms with Crippen LogP contribution in [0.5, 0.6) is 0 Å². The highest BCUT2D eigenvalue weighted by molar-refractivity contribution is 5.69. The molecule has 0 saturated carbocycles. The normalized spacial score (nSPS) is 22.9. The van der Waals surface area contributed by atoms with Gasteiger partial charge in [0.05, 0.1) is 6.04 Å². The van der Waals surface area contributed by atoms with E-state index >= 15 is 0 Å². The highest BCUT2D eigenvalue weighted by atomic mass is 19.1. The summed E-state index contributed by atoms with van der Waals surface area (Å²) in [5.41, 5.74) is 6.30. The van der Waals surface area contributed by atoms with Crippen molar-refractivity contribution in [1.29, 1.82) is 0 Å². The summed E-state index contributed by atoms with van der Waals surface area (Å²) in [5.74, 6) is -0.292. The Morgan fingerprint density at radius 1 is 1.35 bits per heavy atom. The van der Waals surface area contributed by atoms with Crippen LogP contribution in [0.4, 0.5) is 9.18 Å². The van der Waals surface area contributed by atoms with Crippen molar-refractivity contribution in [1.82, 2.24) is 4.90 Å². The molecule has 0 spiro atoms. The molecule has 0 bridgehead atoms. The van der Waals surface area contributed by atoms with Crippen LogP contribution < -0.4 is 5.73 Å².